The number of para-hydroxylation sites is 1. The Hall–Kier alpha value is -2.37. The molecule has 2 aromatic carbocycles. The molecular formula is C21H24O5. The van der Waals surface area contributed by atoms with Gasteiger partial charge in [-0.1, -0.05) is 48.5 Å². The Balaban J connectivity index is 1.98. The fourth-order valence-corrected chi connectivity index (χ4v) is 3.47. The third-order valence-corrected chi connectivity index (χ3v) is 4.72. The number of hydrogen-bond donors (Lipinski definition) is 1. The van der Waals surface area contributed by atoms with Crippen LogP contribution in [0.25, 0.3) is 0 Å². The van der Waals surface area contributed by atoms with Crippen molar-refractivity contribution >= 4 is 5.97 Å². The first-order chi connectivity index (χ1) is 12.6. The number of methoxy groups -OCH3 is 1. The van der Waals surface area contributed by atoms with E-state index in [9.17, 15) is 9.90 Å². The Morgan fingerprint density at radius 1 is 1.15 bits per heavy atom. The highest BCUT2D eigenvalue weighted by atomic mass is 16.6. The van der Waals surface area contributed by atoms with Gasteiger partial charge in [0.05, 0.1) is 25.4 Å². The van der Waals surface area contributed by atoms with Crippen LogP contribution < -0.4 is 4.74 Å². The summed E-state index contributed by atoms with van der Waals surface area (Å²) < 4.78 is 16.6. The second kappa shape index (κ2) is 7.89. The summed E-state index contributed by atoms with van der Waals surface area (Å²) in [5.41, 5.74) is 0.374. The summed E-state index contributed by atoms with van der Waals surface area (Å²) in [6.07, 6.45) is -0.849. The molecule has 26 heavy (non-hydrogen) atoms. The zero-order valence-electron chi connectivity index (χ0n) is 15.1. The van der Waals surface area contributed by atoms with E-state index in [0.717, 1.165) is 11.1 Å². The number of aliphatic hydroxyl groups is 1. The highest BCUT2D eigenvalue weighted by molar-refractivity contribution is 5.75. The fraction of sp³-hybridized carbons (Fsp3) is 0.381. The van der Waals surface area contributed by atoms with Gasteiger partial charge in [0.2, 0.25) is 0 Å². The summed E-state index contributed by atoms with van der Waals surface area (Å²) in [5.74, 6) is 0.207. The van der Waals surface area contributed by atoms with E-state index in [1.54, 1.807) is 14.0 Å². The van der Waals surface area contributed by atoms with Gasteiger partial charge in [-0.25, -0.2) is 4.79 Å². The van der Waals surface area contributed by atoms with Gasteiger partial charge in [0.25, 0.3) is 0 Å². The summed E-state index contributed by atoms with van der Waals surface area (Å²) in [6.45, 7) is 2.02. The van der Waals surface area contributed by atoms with Crippen molar-refractivity contribution in [3.63, 3.8) is 0 Å². The molecule has 138 valence electrons. The molecule has 0 unspecified atom stereocenters. The lowest BCUT2D eigenvalue weighted by Crippen LogP contribution is -2.44. The number of benzene rings is 2. The monoisotopic (exact) mass is 356 g/mol. The second-order valence-electron chi connectivity index (χ2n) is 6.41. The minimum atomic E-state index is -1.19. The van der Waals surface area contributed by atoms with Crippen molar-refractivity contribution in [3.8, 4) is 5.75 Å². The van der Waals surface area contributed by atoms with E-state index < -0.39 is 23.8 Å². The molecule has 0 aromatic heterocycles. The van der Waals surface area contributed by atoms with E-state index in [1.807, 2.05) is 54.6 Å². The van der Waals surface area contributed by atoms with Crippen LogP contribution in [-0.4, -0.2) is 30.9 Å². The third-order valence-electron chi connectivity index (χ3n) is 4.72. The van der Waals surface area contributed by atoms with Crippen molar-refractivity contribution in [3.05, 3.63) is 65.7 Å². The summed E-state index contributed by atoms with van der Waals surface area (Å²) in [7, 11) is 1.59. The minimum Gasteiger partial charge on any atom is -0.496 e. The molecule has 0 bridgehead atoms. The molecule has 1 aliphatic heterocycles. The number of carbonyl (C=O) groups excluding carboxylic acids is 1. The summed E-state index contributed by atoms with van der Waals surface area (Å²) in [5, 5.41) is 11.4. The summed E-state index contributed by atoms with van der Waals surface area (Å²) in [6, 6.07) is 16.9. The van der Waals surface area contributed by atoms with Crippen LogP contribution in [0.2, 0.25) is 0 Å². The zero-order chi connectivity index (χ0) is 18.6. The van der Waals surface area contributed by atoms with Crippen LogP contribution >= 0.6 is 0 Å². The van der Waals surface area contributed by atoms with E-state index in [-0.39, 0.29) is 13.0 Å². The first kappa shape index (κ1) is 18.4. The van der Waals surface area contributed by atoms with Crippen molar-refractivity contribution in [1.29, 1.82) is 0 Å². The Bertz CT molecular complexity index is 745. The predicted octanol–water partition coefficient (Wildman–Crippen LogP) is 3.37. The highest BCUT2D eigenvalue weighted by Gasteiger charge is 2.45. The Labute approximate surface area is 153 Å². The van der Waals surface area contributed by atoms with Gasteiger partial charge in [-0.3, -0.25) is 0 Å². The normalized spacial score (nSPS) is 25.5. The van der Waals surface area contributed by atoms with Crippen LogP contribution in [0.1, 0.15) is 37.0 Å². The molecule has 3 atom stereocenters. The van der Waals surface area contributed by atoms with E-state index in [0.29, 0.717) is 12.2 Å². The Morgan fingerprint density at radius 2 is 1.85 bits per heavy atom. The second-order valence-corrected chi connectivity index (χ2v) is 6.41. The standard InChI is InChI=1S/C21H24O5/c1-3-25-20(22)19-14-21(23,15-9-5-4-6-10-15)13-18(26-19)16-11-7-8-12-17(16)24-2/h4-12,18-19,23H,3,13-14H2,1-2H3/t18-,19+,21+/m1/s1. The van der Waals surface area contributed by atoms with Crippen LogP contribution in [0.15, 0.2) is 54.6 Å². The summed E-state index contributed by atoms with van der Waals surface area (Å²) in [4.78, 5) is 12.4. The Kier molecular flexibility index (Phi) is 5.59. The lowest BCUT2D eigenvalue weighted by atomic mass is 9.79. The predicted molar refractivity (Wildman–Crippen MR) is 96.8 cm³/mol. The van der Waals surface area contributed by atoms with E-state index in [2.05, 4.69) is 0 Å². The third kappa shape index (κ3) is 3.74. The van der Waals surface area contributed by atoms with Gasteiger partial charge in [0.1, 0.15) is 5.75 Å². The van der Waals surface area contributed by atoms with Crippen molar-refractivity contribution in [2.24, 2.45) is 0 Å². The molecule has 1 N–H and O–H groups in total. The first-order valence-electron chi connectivity index (χ1n) is 8.80. The molecule has 0 aliphatic carbocycles. The van der Waals surface area contributed by atoms with E-state index in [1.165, 1.54) is 0 Å². The maximum Gasteiger partial charge on any atom is 0.335 e. The molecule has 2 aromatic rings. The lowest BCUT2D eigenvalue weighted by Gasteiger charge is -2.41. The molecule has 0 radical (unpaired) electrons. The van der Waals surface area contributed by atoms with Gasteiger partial charge in [-0.15, -0.1) is 0 Å². The van der Waals surface area contributed by atoms with Crippen LogP contribution in [0, 0.1) is 0 Å². The maximum atomic E-state index is 12.4. The molecule has 1 fully saturated rings. The van der Waals surface area contributed by atoms with E-state index in [4.69, 9.17) is 14.2 Å². The minimum absolute atomic E-state index is 0.154. The molecule has 5 heteroatoms. The first-order valence-corrected chi connectivity index (χ1v) is 8.80. The molecule has 0 spiro atoms. The smallest absolute Gasteiger partial charge is 0.335 e. The van der Waals surface area contributed by atoms with Crippen molar-refractivity contribution in [1.82, 2.24) is 0 Å². The maximum absolute atomic E-state index is 12.4. The number of carbonyl (C=O) groups is 1. The number of esters is 1. The van der Waals surface area contributed by atoms with Gasteiger partial charge in [-0.2, -0.15) is 0 Å². The Morgan fingerprint density at radius 3 is 2.54 bits per heavy atom. The average Bonchev–Trinajstić information content (AvgIpc) is 2.68. The largest absolute Gasteiger partial charge is 0.496 e. The SMILES string of the molecule is CCOC(=O)[C@@H]1C[C@](O)(c2ccccc2)C[C@H](c2ccccc2OC)O1. The molecule has 0 amide bonds. The van der Waals surface area contributed by atoms with Gasteiger partial charge in [0, 0.05) is 18.4 Å². The topological polar surface area (TPSA) is 65.0 Å². The van der Waals surface area contributed by atoms with Gasteiger partial charge in [0.15, 0.2) is 6.10 Å². The quantitative estimate of drug-likeness (QED) is 0.832. The molecular weight excluding hydrogens is 332 g/mol. The molecule has 3 rings (SSSR count). The van der Waals surface area contributed by atoms with Crippen molar-refractivity contribution < 1.29 is 24.1 Å². The molecule has 1 aliphatic rings. The molecule has 0 saturated carbocycles. The lowest BCUT2D eigenvalue weighted by molar-refractivity contribution is -0.187. The van der Waals surface area contributed by atoms with Gasteiger partial charge >= 0.3 is 5.97 Å². The van der Waals surface area contributed by atoms with Gasteiger partial charge < -0.3 is 19.3 Å². The highest BCUT2D eigenvalue weighted by Crippen LogP contribution is 2.45. The number of ether oxygens (including phenoxy) is 3. The van der Waals surface area contributed by atoms with Crippen LogP contribution in [0.3, 0.4) is 0 Å². The number of rotatable bonds is 5. The van der Waals surface area contributed by atoms with E-state index >= 15 is 0 Å². The average molecular weight is 356 g/mol. The molecule has 1 heterocycles. The number of hydrogen-bond acceptors (Lipinski definition) is 5. The summed E-state index contributed by atoms with van der Waals surface area (Å²) >= 11 is 0. The molecule has 1 saturated heterocycles. The van der Waals surface area contributed by atoms with Crippen molar-refractivity contribution in [2.75, 3.05) is 13.7 Å². The van der Waals surface area contributed by atoms with Gasteiger partial charge in [-0.05, 0) is 18.6 Å². The van der Waals surface area contributed by atoms with Crippen molar-refractivity contribution in [2.45, 2.75) is 37.6 Å². The van der Waals surface area contributed by atoms with Crippen LogP contribution in [0.5, 0.6) is 5.75 Å². The zero-order valence-corrected chi connectivity index (χ0v) is 15.1. The fourth-order valence-electron chi connectivity index (χ4n) is 3.47. The van der Waals surface area contributed by atoms with Crippen LogP contribution in [-0.2, 0) is 19.9 Å². The van der Waals surface area contributed by atoms with Crippen LogP contribution in [0.4, 0.5) is 0 Å². The molecule has 5 nitrogen and oxygen atoms in total.